The zero-order chi connectivity index (χ0) is 26.2. The smallest absolute Gasteiger partial charge is 0.160 e. The van der Waals surface area contributed by atoms with Crippen molar-refractivity contribution in [3.05, 3.63) is 60.2 Å². The summed E-state index contributed by atoms with van der Waals surface area (Å²) in [6, 6.07) is 12.9. The van der Waals surface area contributed by atoms with Gasteiger partial charge >= 0.3 is 0 Å². The number of pyridine rings is 1. The fourth-order valence-corrected chi connectivity index (χ4v) is 4.76. The molecule has 1 atom stereocenters. The summed E-state index contributed by atoms with van der Waals surface area (Å²) in [5.74, 6) is 1.79. The number of rotatable bonds is 5. The van der Waals surface area contributed by atoms with Crippen LogP contribution in [0.2, 0.25) is 0 Å². The first-order valence-electron chi connectivity index (χ1n) is 12.6. The number of fused-ring (bicyclic) bond motifs is 2. The van der Waals surface area contributed by atoms with E-state index in [-0.39, 0.29) is 11.7 Å². The molecule has 3 N–H and O–H groups in total. The summed E-state index contributed by atoms with van der Waals surface area (Å²) < 4.78 is 23.2. The monoisotopic (exact) mass is 513 g/mol. The molecule has 0 radical (unpaired) electrons. The van der Waals surface area contributed by atoms with Crippen LogP contribution in [0.5, 0.6) is 11.5 Å². The number of aryl methyl sites for hydroxylation is 1. The Balaban J connectivity index is 1.27. The topological polar surface area (TPSA) is 120 Å². The van der Waals surface area contributed by atoms with Crippen molar-refractivity contribution in [2.24, 2.45) is 12.8 Å². The minimum absolute atomic E-state index is 0.217. The van der Waals surface area contributed by atoms with E-state index < -0.39 is 5.82 Å². The number of nitrogens with two attached hydrogens (primary N) is 1. The van der Waals surface area contributed by atoms with Crippen molar-refractivity contribution in [1.82, 2.24) is 29.9 Å². The summed E-state index contributed by atoms with van der Waals surface area (Å²) in [5, 5.41) is 11.2. The van der Waals surface area contributed by atoms with Gasteiger partial charge in [-0.15, -0.1) is 5.10 Å². The fourth-order valence-electron chi connectivity index (χ4n) is 4.76. The van der Waals surface area contributed by atoms with E-state index in [2.05, 4.69) is 30.5 Å². The largest absolute Gasteiger partial charge is 0.457 e. The molecule has 0 spiro atoms. The molecule has 4 heterocycles. The number of benzene rings is 2. The first-order chi connectivity index (χ1) is 18.5. The summed E-state index contributed by atoms with van der Waals surface area (Å²) in [7, 11) is 1.82. The molecule has 1 fully saturated rings. The Hall–Kier alpha value is -4.38. The molecule has 1 saturated heterocycles. The minimum Gasteiger partial charge on any atom is -0.457 e. The molecule has 1 unspecified atom stereocenters. The number of hydrogen-bond donors (Lipinski definition) is 2. The molecule has 0 amide bonds. The van der Waals surface area contributed by atoms with E-state index in [0.717, 1.165) is 43.7 Å². The maximum absolute atomic E-state index is 15.5. The molecule has 1 aliphatic rings. The molecule has 5 aromatic rings. The molecule has 194 valence electrons. The summed E-state index contributed by atoms with van der Waals surface area (Å²) in [6.45, 7) is 3.41. The average Bonchev–Trinajstić information content (AvgIpc) is 3.15. The zero-order valence-corrected chi connectivity index (χ0v) is 21.2. The lowest BCUT2D eigenvalue weighted by Gasteiger charge is -2.22. The molecule has 3 aromatic heterocycles. The second kappa shape index (κ2) is 9.82. The molecule has 0 aliphatic carbocycles. The standard InChI is InChI=1S/C27H28FN9O/c1-16-23(38-18-5-8-22-21(14-18)34-35-36(22)2)9-6-19(25(16)28)32-27-26-20(30-15-31-27)7-10-24(33-26)37-12-3-4-17(29)11-13-37/h5-10,14-15,17H,3-4,11-13,29H2,1-2H3,(H,30,31,32). The van der Waals surface area contributed by atoms with Crippen LogP contribution in [-0.4, -0.2) is 49.1 Å². The number of nitrogens with one attached hydrogen (secondary N) is 1. The Bertz CT molecular complexity index is 1640. The predicted octanol–water partition coefficient (Wildman–Crippen LogP) is 4.61. The molecule has 10 nitrogen and oxygen atoms in total. The quantitative estimate of drug-likeness (QED) is 0.347. The number of ether oxygens (including phenoxy) is 1. The van der Waals surface area contributed by atoms with E-state index in [4.69, 9.17) is 15.5 Å². The van der Waals surface area contributed by atoms with Gasteiger partial charge < -0.3 is 20.7 Å². The highest BCUT2D eigenvalue weighted by molar-refractivity contribution is 5.88. The Kier molecular flexibility index (Phi) is 6.20. The van der Waals surface area contributed by atoms with Crippen LogP contribution in [0.4, 0.5) is 21.7 Å². The van der Waals surface area contributed by atoms with Gasteiger partial charge in [0.2, 0.25) is 0 Å². The van der Waals surface area contributed by atoms with E-state index in [1.54, 1.807) is 29.8 Å². The van der Waals surface area contributed by atoms with Crippen LogP contribution in [0, 0.1) is 12.7 Å². The van der Waals surface area contributed by atoms with Crippen LogP contribution < -0.4 is 20.7 Å². The van der Waals surface area contributed by atoms with Gasteiger partial charge in [-0.05, 0) is 62.6 Å². The second-order valence-corrected chi connectivity index (χ2v) is 9.58. The number of nitrogens with zero attached hydrogens (tertiary/aromatic N) is 7. The van der Waals surface area contributed by atoms with Gasteiger partial charge in [0.15, 0.2) is 11.6 Å². The number of hydrogen-bond acceptors (Lipinski definition) is 9. The normalized spacial score (nSPS) is 16.1. The van der Waals surface area contributed by atoms with Gasteiger partial charge in [-0.3, -0.25) is 0 Å². The first kappa shape index (κ1) is 24.0. The van der Waals surface area contributed by atoms with Crippen LogP contribution in [0.25, 0.3) is 22.1 Å². The van der Waals surface area contributed by atoms with Crippen molar-refractivity contribution in [1.29, 1.82) is 0 Å². The van der Waals surface area contributed by atoms with Crippen molar-refractivity contribution in [2.75, 3.05) is 23.3 Å². The van der Waals surface area contributed by atoms with Gasteiger partial charge in [0.25, 0.3) is 0 Å². The van der Waals surface area contributed by atoms with E-state index in [9.17, 15) is 0 Å². The van der Waals surface area contributed by atoms with Crippen LogP contribution >= 0.6 is 0 Å². The number of halogens is 1. The molecule has 0 saturated carbocycles. The highest BCUT2D eigenvalue weighted by Gasteiger charge is 2.18. The molecule has 6 rings (SSSR count). The van der Waals surface area contributed by atoms with Crippen molar-refractivity contribution >= 4 is 39.4 Å². The van der Waals surface area contributed by atoms with Crippen LogP contribution in [0.1, 0.15) is 24.8 Å². The molecular formula is C27H28FN9O. The van der Waals surface area contributed by atoms with Crippen molar-refractivity contribution < 1.29 is 9.13 Å². The zero-order valence-electron chi connectivity index (χ0n) is 21.2. The molecule has 11 heteroatoms. The van der Waals surface area contributed by atoms with Crippen LogP contribution in [0.3, 0.4) is 0 Å². The third-order valence-electron chi connectivity index (χ3n) is 6.96. The Labute approximate surface area is 218 Å². The second-order valence-electron chi connectivity index (χ2n) is 9.58. The van der Waals surface area contributed by atoms with E-state index >= 15 is 4.39 Å². The summed E-state index contributed by atoms with van der Waals surface area (Å²) in [5.41, 5.74) is 9.62. The van der Waals surface area contributed by atoms with Gasteiger partial charge in [-0.1, -0.05) is 5.21 Å². The summed E-state index contributed by atoms with van der Waals surface area (Å²) in [6.07, 6.45) is 4.39. The minimum atomic E-state index is -0.437. The van der Waals surface area contributed by atoms with Crippen LogP contribution in [-0.2, 0) is 7.05 Å². The van der Waals surface area contributed by atoms with Gasteiger partial charge in [0.1, 0.15) is 34.7 Å². The third-order valence-corrected chi connectivity index (χ3v) is 6.96. The highest BCUT2D eigenvalue weighted by Crippen LogP contribution is 2.33. The number of aromatic nitrogens is 6. The first-order valence-corrected chi connectivity index (χ1v) is 12.6. The fraction of sp³-hybridized carbons (Fsp3) is 0.296. The van der Waals surface area contributed by atoms with Gasteiger partial charge in [-0.2, -0.15) is 0 Å². The Morgan fingerprint density at radius 1 is 1.05 bits per heavy atom. The summed E-state index contributed by atoms with van der Waals surface area (Å²) >= 11 is 0. The average molecular weight is 514 g/mol. The molecule has 0 bridgehead atoms. The third kappa shape index (κ3) is 4.56. The van der Waals surface area contributed by atoms with Crippen molar-refractivity contribution in [2.45, 2.75) is 32.2 Å². The SMILES string of the molecule is Cc1c(Oc2ccc3c(c2)nnn3C)ccc(Nc2ncnc3ccc(N4CCCC(N)CC4)nc23)c1F. The van der Waals surface area contributed by atoms with Crippen molar-refractivity contribution in [3.8, 4) is 11.5 Å². The lowest BCUT2D eigenvalue weighted by molar-refractivity contribution is 0.472. The van der Waals surface area contributed by atoms with Crippen molar-refractivity contribution in [3.63, 3.8) is 0 Å². The molecule has 1 aliphatic heterocycles. The maximum atomic E-state index is 15.5. The predicted molar refractivity (Wildman–Crippen MR) is 144 cm³/mol. The number of anilines is 3. The van der Waals surface area contributed by atoms with E-state index in [0.29, 0.717) is 39.4 Å². The van der Waals surface area contributed by atoms with Gasteiger partial charge in [-0.25, -0.2) is 24.0 Å². The maximum Gasteiger partial charge on any atom is 0.160 e. The van der Waals surface area contributed by atoms with Gasteiger partial charge in [0, 0.05) is 37.8 Å². The lowest BCUT2D eigenvalue weighted by atomic mass is 10.1. The molecule has 38 heavy (non-hydrogen) atoms. The summed E-state index contributed by atoms with van der Waals surface area (Å²) in [4.78, 5) is 15.8. The highest BCUT2D eigenvalue weighted by atomic mass is 19.1. The lowest BCUT2D eigenvalue weighted by Crippen LogP contribution is -2.27. The molecule has 2 aromatic carbocycles. The Morgan fingerprint density at radius 2 is 1.95 bits per heavy atom. The van der Waals surface area contributed by atoms with E-state index in [1.807, 2.05) is 31.3 Å². The van der Waals surface area contributed by atoms with Gasteiger partial charge in [0.05, 0.1) is 16.7 Å². The molecular weight excluding hydrogens is 485 g/mol. The van der Waals surface area contributed by atoms with E-state index in [1.165, 1.54) is 6.33 Å². The Morgan fingerprint density at radius 3 is 2.84 bits per heavy atom. The van der Waals surface area contributed by atoms with Crippen LogP contribution in [0.15, 0.2) is 48.8 Å².